The molecule has 1 aliphatic heterocycles. The molecular formula is C14H14N4O2. The third kappa shape index (κ3) is 2.20. The maximum Gasteiger partial charge on any atom is 0.258 e. The second kappa shape index (κ2) is 5.24. The predicted octanol–water partition coefficient (Wildman–Crippen LogP) is 2.82. The highest BCUT2D eigenvalue weighted by Crippen LogP contribution is 2.29. The van der Waals surface area contributed by atoms with E-state index in [-0.39, 0.29) is 5.56 Å². The van der Waals surface area contributed by atoms with Crippen LogP contribution in [-0.2, 0) is 6.54 Å². The molecule has 0 aliphatic carbocycles. The number of hydrogen-bond donors (Lipinski definition) is 1. The molecule has 102 valence electrons. The summed E-state index contributed by atoms with van der Waals surface area (Å²) in [5.41, 5.74) is 1.07. The number of benzene rings is 1. The smallest absolute Gasteiger partial charge is 0.258 e. The van der Waals surface area contributed by atoms with Crippen molar-refractivity contribution in [2.45, 2.75) is 19.9 Å². The Kier molecular flexibility index (Phi) is 3.28. The molecule has 0 fully saturated rings. The number of aromatic amines is 1. The number of aromatic nitrogens is 2. The first kappa shape index (κ1) is 12.5. The molecule has 2 heterocycles. The molecule has 0 unspecified atom stereocenters. The van der Waals surface area contributed by atoms with Crippen LogP contribution in [0.15, 0.2) is 39.3 Å². The normalized spacial score (nSPS) is 12.4. The number of nitrogens with one attached hydrogen (secondary N) is 1. The van der Waals surface area contributed by atoms with Gasteiger partial charge in [-0.3, -0.25) is 4.79 Å². The van der Waals surface area contributed by atoms with Crippen LogP contribution in [0.5, 0.6) is 5.75 Å². The molecule has 1 aromatic carbocycles. The van der Waals surface area contributed by atoms with E-state index in [0.717, 1.165) is 12.0 Å². The molecule has 6 heteroatoms. The fourth-order valence-electron chi connectivity index (χ4n) is 2.01. The molecule has 0 bridgehead atoms. The lowest BCUT2D eigenvalue weighted by Gasteiger charge is -2.10. The van der Waals surface area contributed by atoms with Crippen LogP contribution in [-0.4, -0.2) is 16.6 Å². The summed E-state index contributed by atoms with van der Waals surface area (Å²) in [6, 6.07) is 7.49. The predicted molar refractivity (Wildman–Crippen MR) is 74.3 cm³/mol. The number of azo groups is 1. The van der Waals surface area contributed by atoms with Crippen molar-refractivity contribution in [2.75, 3.05) is 6.61 Å². The van der Waals surface area contributed by atoms with Gasteiger partial charge in [-0.2, -0.15) is 5.11 Å². The quantitative estimate of drug-likeness (QED) is 0.927. The zero-order valence-corrected chi connectivity index (χ0v) is 11.1. The summed E-state index contributed by atoms with van der Waals surface area (Å²) in [5.74, 6) is 1.56. The van der Waals surface area contributed by atoms with Crippen LogP contribution in [0.25, 0.3) is 11.4 Å². The van der Waals surface area contributed by atoms with Crippen LogP contribution in [0.2, 0.25) is 0 Å². The second-order valence-electron chi connectivity index (χ2n) is 4.46. The van der Waals surface area contributed by atoms with Crippen molar-refractivity contribution < 1.29 is 4.74 Å². The van der Waals surface area contributed by atoms with Gasteiger partial charge in [0.05, 0.1) is 24.3 Å². The summed E-state index contributed by atoms with van der Waals surface area (Å²) in [6.07, 6.45) is 0.913. The van der Waals surface area contributed by atoms with Crippen molar-refractivity contribution in [3.05, 3.63) is 40.2 Å². The molecule has 0 radical (unpaired) electrons. The minimum atomic E-state index is -0.194. The molecule has 2 aromatic rings. The first-order valence-electron chi connectivity index (χ1n) is 6.52. The Morgan fingerprint density at radius 2 is 2.20 bits per heavy atom. The Bertz CT molecular complexity index is 721. The number of fused-ring (bicyclic) bond motifs is 1. The molecule has 1 N–H and O–H groups in total. The summed E-state index contributed by atoms with van der Waals surface area (Å²) >= 11 is 0. The molecule has 0 amide bonds. The lowest BCUT2D eigenvalue weighted by Crippen LogP contribution is -2.13. The van der Waals surface area contributed by atoms with Crippen LogP contribution in [0, 0.1) is 0 Å². The van der Waals surface area contributed by atoms with E-state index in [1.54, 1.807) is 0 Å². The lowest BCUT2D eigenvalue weighted by atomic mass is 10.2. The molecule has 0 spiro atoms. The van der Waals surface area contributed by atoms with Gasteiger partial charge in [-0.15, -0.1) is 5.11 Å². The van der Waals surface area contributed by atoms with Crippen LogP contribution in [0.3, 0.4) is 0 Å². The Hall–Kier alpha value is -2.50. The van der Waals surface area contributed by atoms with Crippen molar-refractivity contribution in [3.63, 3.8) is 0 Å². The van der Waals surface area contributed by atoms with Crippen molar-refractivity contribution in [1.82, 2.24) is 9.97 Å². The number of para-hydroxylation sites is 1. The highest BCUT2D eigenvalue weighted by Gasteiger charge is 2.17. The molecule has 1 aliphatic rings. The van der Waals surface area contributed by atoms with E-state index in [9.17, 15) is 4.79 Å². The number of nitrogens with zero attached hydrogens (tertiary/aromatic N) is 3. The van der Waals surface area contributed by atoms with Gasteiger partial charge in [0.1, 0.15) is 11.6 Å². The van der Waals surface area contributed by atoms with Crippen molar-refractivity contribution in [1.29, 1.82) is 0 Å². The van der Waals surface area contributed by atoms with Crippen LogP contribution in [0.4, 0.5) is 5.82 Å². The Morgan fingerprint density at radius 1 is 1.35 bits per heavy atom. The van der Waals surface area contributed by atoms with Crippen LogP contribution in [0.1, 0.15) is 18.9 Å². The average Bonchev–Trinajstić information content (AvgIpc) is 2.94. The van der Waals surface area contributed by atoms with Crippen molar-refractivity contribution >= 4 is 5.82 Å². The standard InChI is InChI=1S/C14H14N4O2/c1-2-7-20-11-6-4-3-5-9(11)12-16-13-10(8-15-18-13)14(19)17-12/h3-6H,2,7-8H2,1H3,(H,16,17,19). The highest BCUT2D eigenvalue weighted by molar-refractivity contribution is 5.65. The molecule has 20 heavy (non-hydrogen) atoms. The minimum absolute atomic E-state index is 0.194. The third-order valence-electron chi connectivity index (χ3n) is 2.99. The fourth-order valence-corrected chi connectivity index (χ4v) is 2.01. The van der Waals surface area contributed by atoms with E-state index in [0.29, 0.717) is 36.1 Å². The monoisotopic (exact) mass is 270 g/mol. The van der Waals surface area contributed by atoms with E-state index in [1.807, 2.05) is 31.2 Å². The first-order valence-corrected chi connectivity index (χ1v) is 6.52. The van der Waals surface area contributed by atoms with Gasteiger partial charge < -0.3 is 9.72 Å². The van der Waals surface area contributed by atoms with E-state index in [2.05, 4.69) is 20.2 Å². The number of hydrogen-bond acceptors (Lipinski definition) is 5. The number of ether oxygens (including phenoxy) is 1. The molecule has 0 saturated heterocycles. The fraction of sp³-hybridized carbons (Fsp3) is 0.286. The largest absolute Gasteiger partial charge is 0.493 e. The summed E-state index contributed by atoms with van der Waals surface area (Å²) in [5, 5.41) is 7.72. The Morgan fingerprint density at radius 3 is 3.05 bits per heavy atom. The first-order chi connectivity index (χ1) is 9.79. The SMILES string of the molecule is CCCOc1ccccc1-c1nc2c(c(=O)[nH]1)CN=N2. The van der Waals surface area contributed by atoms with Crippen molar-refractivity contribution in [3.8, 4) is 17.1 Å². The maximum absolute atomic E-state index is 12.0. The van der Waals surface area contributed by atoms with E-state index in [1.165, 1.54) is 0 Å². The highest BCUT2D eigenvalue weighted by atomic mass is 16.5. The van der Waals surface area contributed by atoms with Crippen LogP contribution >= 0.6 is 0 Å². The van der Waals surface area contributed by atoms with Gasteiger partial charge in [0.15, 0.2) is 5.82 Å². The molecule has 0 atom stereocenters. The van der Waals surface area contributed by atoms with Crippen molar-refractivity contribution in [2.24, 2.45) is 10.2 Å². The van der Waals surface area contributed by atoms with E-state index in [4.69, 9.17) is 4.74 Å². The topological polar surface area (TPSA) is 79.7 Å². The Labute approximate surface area is 115 Å². The molecule has 1 aromatic heterocycles. The summed E-state index contributed by atoms with van der Waals surface area (Å²) in [7, 11) is 0. The van der Waals surface area contributed by atoms with Gasteiger partial charge in [-0.05, 0) is 18.6 Å². The summed E-state index contributed by atoms with van der Waals surface area (Å²) in [4.78, 5) is 19.1. The molecule has 0 saturated carbocycles. The maximum atomic E-state index is 12.0. The van der Waals surface area contributed by atoms with Gasteiger partial charge in [0, 0.05) is 0 Å². The van der Waals surface area contributed by atoms with Gasteiger partial charge in [0.2, 0.25) is 0 Å². The van der Waals surface area contributed by atoms with E-state index < -0.39 is 0 Å². The summed E-state index contributed by atoms with van der Waals surface area (Å²) in [6.45, 7) is 2.95. The zero-order valence-electron chi connectivity index (χ0n) is 11.1. The third-order valence-corrected chi connectivity index (χ3v) is 2.99. The number of rotatable bonds is 4. The van der Waals surface area contributed by atoms with Gasteiger partial charge in [-0.1, -0.05) is 19.1 Å². The molecule has 6 nitrogen and oxygen atoms in total. The Balaban J connectivity index is 2.07. The average molecular weight is 270 g/mol. The number of H-pyrrole nitrogens is 1. The van der Waals surface area contributed by atoms with Gasteiger partial charge >= 0.3 is 0 Å². The molecular weight excluding hydrogens is 256 g/mol. The van der Waals surface area contributed by atoms with Gasteiger partial charge in [0.25, 0.3) is 5.56 Å². The minimum Gasteiger partial charge on any atom is -0.493 e. The summed E-state index contributed by atoms with van der Waals surface area (Å²) < 4.78 is 5.68. The lowest BCUT2D eigenvalue weighted by molar-refractivity contribution is 0.318. The van der Waals surface area contributed by atoms with E-state index >= 15 is 0 Å². The zero-order chi connectivity index (χ0) is 13.9. The second-order valence-corrected chi connectivity index (χ2v) is 4.46. The molecule has 3 rings (SSSR count). The van der Waals surface area contributed by atoms with Gasteiger partial charge in [-0.25, -0.2) is 4.98 Å². The van der Waals surface area contributed by atoms with Crippen LogP contribution < -0.4 is 10.3 Å².